The normalized spacial score (nSPS) is 15.0. The molecule has 2 aromatic rings. The molecule has 1 fully saturated rings. The van der Waals surface area contributed by atoms with Crippen molar-refractivity contribution in [2.45, 2.75) is 19.3 Å². The molecular weight excluding hydrogens is 269 g/mol. The van der Waals surface area contributed by atoms with Gasteiger partial charge >= 0.3 is 0 Å². The van der Waals surface area contributed by atoms with Crippen molar-refractivity contribution < 1.29 is 4.39 Å². The predicted octanol–water partition coefficient (Wildman–Crippen LogP) is 2.71. The molecule has 1 aliphatic heterocycles. The molecule has 0 bridgehead atoms. The first-order valence-corrected chi connectivity index (χ1v) is 7.21. The summed E-state index contributed by atoms with van der Waals surface area (Å²) in [5, 5.41) is 2.97. The Morgan fingerprint density at radius 3 is 2.38 bits per heavy atom. The Labute approximate surface area is 123 Å². The average molecular weight is 287 g/mol. The highest BCUT2D eigenvalue weighted by atomic mass is 19.1. The molecule has 0 aliphatic carbocycles. The van der Waals surface area contributed by atoms with E-state index in [0.29, 0.717) is 17.7 Å². The number of rotatable bonds is 3. The van der Waals surface area contributed by atoms with Gasteiger partial charge < -0.3 is 10.2 Å². The van der Waals surface area contributed by atoms with Crippen molar-refractivity contribution in [1.29, 1.82) is 0 Å². The van der Waals surface area contributed by atoms with Crippen molar-refractivity contribution >= 4 is 11.9 Å². The van der Waals surface area contributed by atoms with Gasteiger partial charge in [0.15, 0.2) is 5.82 Å². The lowest BCUT2D eigenvalue weighted by atomic mass is 10.1. The van der Waals surface area contributed by atoms with Gasteiger partial charge in [-0.3, -0.25) is 0 Å². The smallest absolute Gasteiger partial charge is 0.230 e. The first-order valence-electron chi connectivity index (χ1n) is 7.21. The molecule has 1 N–H and O–H groups in total. The number of hydrogen-bond donors (Lipinski definition) is 1. The van der Waals surface area contributed by atoms with E-state index in [-0.39, 0.29) is 5.82 Å². The molecule has 0 amide bonds. The molecule has 0 spiro atoms. The Kier molecular flexibility index (Phi) is 3.94. The molecule has 0 atom stereocenters. The summed E-state index contributed by atoms with van der Waals surface area (Å²) in [5.74, 6) is 1.52. The molecule has 0 radical (unpaired) electrons. The van der Waals surface area contributed by atoms with Crippen LogP contribution < -0.4 is 10.2 Å². The maximum Gasteiger partial charge on any atom is 0.230 e. The van der Waals surface area contributed by atoms with E-state index in [1.165, 1.54) is 18.6 Å². The van der Waals surface area contributed by atoms with Crippen molar-refractivity contribution in [2.75, 3.05) is 30.4 Å². The SMILES string of the molecule is CNc1nc(-c2ccc(F)cc2)nc(N2CCCCC2)n1. The van der Waals surface area contributed by atoms with Gasteiger partial charge in [0, 0.05) is 25.7 Å². The van der Waals surface area contributed by atoms with E-state index in [0.717, 1.165) is 31.5 Å². The lowest BCUT2D eigenvalue weighted by Gasteiger charge is -2.26. The first-order chi connectivity index (χ1) is 10.3. The van der Waals surface area contributed by atoms with Crippen LogP contribution in [-0.2, 0) is 0 Å². The molecule has 1 aliphatic rings. The van der Waals surface area contributed by atoms with Crippen LogP contribution in [0.5, 0.6) is 0 Å². The minimum atomic E-state index is -0.266. The first kappa shape index (κ1) is 13.7. The van der Waals surface area contributed by atoms with E-state index < -0.39 is 0 Å². The number of aromatic nitrogens is 3. The summed E-state index contributed by atoms with van der Waals surface area (Å²) in [6.45, 7) is 1.94. The highest BCUT2D eigenvalue weighted by Crippen LogP contribution is 2.22. The molecule has 21 heavy (non-hydrogen) atoms. The zero-order valence-electron chi connectivity index (χ0n) is 12.0. The Bertz CT molecular complexity index is 608. The maximum atomic E-state index is 13.0. The second kappa shape index (κ2) is 6.03. The summed E-state index contributed by atoms with van der Waals surface area (Å²) in [7, 11) is 1.78. The van der Waals surface area contributed by atoms with Crippen molar-refractivity contribution in [1.82, 2.24) is 15.0 Å². The van der Waals surface area contributed by atoms with E-state index in [2.05, 4.69) is 25.2 Å². The summed E-state index contributed by atoms with van der Waals surface area (Å²) in [6, 6.07) is 6.20. The Morgan fingerprint density at radius 2 is 1.71 bits per heavy atom. The quantitative estimate of drug-likeness (QED) is 0.940. The minimum absolute atomic E-state index is 0.266. The van der Waals surface area contributed by atoms with Crippen LogP contribution in [0.3, 0.4) is 0 Å². The second-order valence-electron chi connectivity index (χ2n) is 5.09. The number of nitrogens with zero attached hydrogens (tertiary/aromatic N) is 4. The number of benzene rings is 1. The van der Waals surface area contributed by atoms with Gasteiger partial charge in [-0.05, 0) is 43.5 Å². The number of anilines is 2. The highest BCUT2D eigenvalue weighted by Gasteiger charge is 2.16. The number of nitrogens with one attached hydrogen (secondary N) is 1. The fraction of sp³-hybridized carbons (Fsp3) is 0.400. The van der Waals surface area contributed by atoms with Gasteiger partial charge in [0.25, 0.3) is 0 Å². The number of halogens is 1. The third kappa shape index (κ3) is 3.09. The summed E-state index contributed by atoms with van der Waals surface area (Å²) >= 11 is 0. The summed E-state index contributed by atoms with van der Waals surface area (Å²) < 4.78 is 13.0. The van der Waals surface area contributed by atoms with Gasteiger partial charge in [-0.2, -0.15) is 15.0 Å². The molecule has 1 aromatic carbocycles. The molecule has 110 valence electrons. The van der Waals surface area contributed by atoms with Crippen molar-refractivity contribution in [3.63, 3.8) is 0 Å². The van der Waals surface area contributed by atoms with Crippen molar-refractivity contribution in [3.8, 4) is 11.4 Å². The molecule has 1 aromatic heterocycles. The Morgan fingerprint density at radius 1 is 1.00 bits per heavy atom. The molecule has 5 nitrogen and oxygen atoms in total. The van der Waals surface area contributed by atoms with E-state index in [9.17, 15) is 4.39 Å². The fourth-order valence-corrected chi connectivity index (χ4v) is 2.44. The van der Waals surface area contributed by atoms with E-state index in [1.807, 2.05) is 0 Å². The van der Waals surface area contributed by atoms with Crippen LogP contribution in [0.4, 0.5) is 16.3 Å². The lowest BCUT2D eigenvalue weighted by molar-refractivity contribution is 0.568. The third-order valence-corrected chi connectivity index (χ3v) is 3.59. The van der Waals surface area contributed by atoms with Gasteiger partial charge in [-0.1, -0.05) is 0 Å². The average Bonchev–Trinajstić information content (AvgIpc) is 2.56. The summed E-state index contributed by atoms with van der Waals surface area (Å²) in [5.41, 5.74) is 0.786. The predicted molar refractivity (Wildman–Crippen MR) is 80.8 cm³/mol. The molecule has 3 rings (SSSR count). The van der Waals surface area contributed by atoms with Gasteiger partial charge in [0.1, 0.15) is 5.82 Å². The summed E-state index contributed by atoms with van der Waals surface area (Å²) in [4.78, 5) is 15.5. The topological polar surface area (TPSA) is 53.9 Å². The number of hydrogen-bond acceptors (Lipinski definition) is 5. The van der Waals surface area contributed by atoms with Crippen LogP contribution in [0.1, 0.15) is 19.3 Å². The van der Waals surface area contributed by atoms with Gasteiger partial charge in [-0.15, -0.1) is 0 Å². The zero-order chi connectivity index (χ0) is 14.7. The third-order valence-electron chi connectivity index (χ3n) is 3.59. The minimum Gasteiger partial charge on any atom is -0.357 e. The highest BCUT2D eigenvalue weighted by molar-refractivity contribution is 5.58. The zero-order valence-corrected chi connectivity index (χ0v) is 12.0. The van der Waals surface area contributed by atoms with E-state index in [1.54, 1.807) is 19.2 Å². The monoisotopic (exact) mass is 287 g/mol. The lowest BCUT2D eigenvalue weighted by Crippen LogP contribution is -2.31. The van der Waals surface area contributed by atoms with E-state index in [4.69, 9.17) is 0 Å². The molecule has 2 heterocycles. The van der Waals surface area contributed by atoms with Gasteiger partial charge in [-0.25, -0.2) is 4.39 Å². The Hall–Kier alpha value is -2.24. The second-order valence-corrected chi connectivity index (χ2v) is 5.09. The number of piperidine rings is 1. The van der Waals surface area contributed by atoms with Gasteiger partial charge in [0.05, 0.1) is 0 Å². The van der Waals surface area contributed by atoms with Crippen LogP contribution in [0, 0.1) is 5.82 Å². The van der Waals surface area contributed by atoms with Crippen molar-refractivity contribution in [3.05, 3.63) is 30.1 Å². The largest absolute Gasteiger partial charge is 0.357 e. The molecule has 0 unspecified atom stereocenters. The molecule has 0 saturated carbocycles. The van der Waals surface area contributed by atoms with Crippen LogP contribution in [0.2, 0.25) is 0 Å². The Balaban J connectivity index is 1.98. The summed E-state index contributed by atoms with van der Waals surface area (Å²) in [6.07, 6.45) is 3.57. The fourth-order valence-electron chi connectivity index (χ4n) is 2.44. The molecular formula is C15H18FN5. The standard InChI is InChI=1S/C15H18FN5/c1-17-14-18-13(11-5-7-12(16)8-6-11)19-15(20-14)21-9-3-2-4-10-21/h5-8H,2-4,9-10H2,1H3,(H,17,18,19,20). The van der Waals surface area contributed by atoms with Crippen LogP contribution in [-0.4, -0.2) is 35.1 Å². The molecule has 6 heteroatoms. The van der Waals surface area contributed by atoms with Crippen LogP contribution >= 0.6 is 0 Å². The van der Waals surface area contributed by atoms with Crippen molar-refractivity contribution in [2.24, 2.45) is 0 Å². The maximum absolute atomic E-state index is 13.0. The van der Waals surface area contributed by atoms with Crippen LogP contribution in [0.25, 0.3) is 11.4 Å². The molecule has 1 saturated heterocycles. The van der Waals surface area contributed by atoms with Gasteiger partial charge in [0.2, 0.25) is 11.9 Å². The van der Waals surface area contributed by atoms with E-state index >= 15 is 0 Å². The van der Waals surface area contributed by atoms with Crippen LogP contribution in [0.15, 0.2) is 24.3 Å².